The van der Waals surface area contributed by atoms with Crippen molar-refractivity contribution in [3.63, 3.8) is 0 Å². The number of hydrogen-bond acceptors (Lipinski definition) is 7. The van der Waals surface area contributed by atoms with E-state index in [1.165, 1.54) is 0 Å². The second-order valence-electron chi connectivity index (χ2n) is 8.44. The number of ether oxygens (including phenoxy) is 1. The monoisotopic (exact) mass is 428 g/mol. The van der Waals surface area contributed by atoms with Crippen LogP contribution in [-0.4, -0.2) is 67.2 Å². The summed E-state index contributed by atoms with van der Waals surface area (Å²) in [6, 6.07) is 4.19. The van der Waals surface area contributed by atoms with Crippen LogP contribution in [0.5, 0.6) is 5.88 Å². The highest BCUT2D eigenvalue weighted by Gasteiger charge is 2.20. The minimum Gasteiger partial charge on any atom is -0.478 e. The van der Waals surface area contributed by atoms with Crippen LogP contribution in [0.3, 0.4) is 0 Å². The predicted octanol–water partition coefficient (Wildman–Crippen LogP) is 4.58. The summed E-state index contributed by atoms with van der Waals surface area (Å²) in [5, 5.41) is 3.54. The van der Waals surface area contributed by atoms with Gasteiger partial charge in [-0.05, 0) is 65.4 Å². The van der Waals surface area contributed by atoms with Crippen molar-refractivity contribution in [2.24, 2.45) is 0 Å². The van der Waals surface area contributed by atoms with E-state index in [1.54, 1.807) is 7.11 Å². The average molecular weight is 429 g/mol. The van der Waals surface area contributed by atoms with Crippen molar-refractivity contribution in [2.45, 2.75) is 53.4 Å². The summed E-state index contributed by atoms with van der Waals surface area (Å²) in [6.45, 7) is 14.3. The Morgan fingerprint density at radius 3 is 2.39 bits per heavy atom. The van der Waals surface area contributed by atoms with Gasteiger partial charge in [-0.3, -0.25) is 0 Å². The van der Waals surface area contributed by atoms with Crippen LogP contribution < -0.4 is 15.0 Å². The zero-order chi connectivity index (χ0) is 23.0. The van der Waals surface area contributed by atoms with Crippen molar-refractivity contribution >= 4 is 11.6 Å². The summed E-state index contributed by atoms with van der Waals surface area (Å²) in [5.41, 5.74) is 3.71. The molecule has 0 aliphatic carbocycles. The normalized spacial score (nSPS) is 11.3. The second-order valence-corrected chi connectivity index (χ2v) is 8.44. The standard InChI is InChI=1S/C24H40N6O/c1-9-15-30(10-2)23-24(31-8)28-21(18(5)26-23)19-12-13-20(17(3)4)27-22(19)25-14-11-16-29(6)7/h12-13,17H,9-11,14-16H2,1-8H3,(H,25,27). The smallest absolute Gasteiger partial charge is 0.257 e. The summed E-state index contributed by atoms with van der Waals surface area (Å²) in [4.78, 5) is 19.1. The molecule has 0 saturated carbocycles. The maximum absolute atomic E-state index is 5.66. The first-order valence-electron chi connectivity index (χ1n) is 11.4. The summed E-state index contributed by atoms with van der Waals surface area (Å²) in [6.07, 6.45) is 2.08. The highest BCUT2D eigenvalue weighted by atomic mass is 16.5. The Morgan fingerprint density at radius 1 is 1.06 bits per heavy atom. The first-order valence-corrected chi connectivity index (χ1v) is 11.4. The number of hydrogen-bond donors (Lipinski definition) is 1. The molecule has 31 heavy (non-hydrogen) atoms. The number of anilines is 2. The number of methoxy groups -OCH3 is 1. The number of aryl methyl sites for hydroxylation is 1. The zero-order valence-electron chi connectivity index (χ0n) is 20.6. The molecule has 7 nitrogen and oxygen atoms in total. The summed E-state index contributed by atoms with van der Waals surface area (Å²) in [5.74, 6) is 2.58. The van der Waals surface area contributed by atoms with Crippen LogP contribution in [0.25, 0.3) is 11.3 Å². The lowest BCUT2D eigenvalue weighted by molar-refractivity contribution is 0.395. The summed E-state index contributed by atoms with van der Waals surface area (Å²) < 4.78 is 5.66. The van der Waals surface area contributed by atoms with Crippen molar-refractivity contribution < 1.29 is 4.74 Å². The van der Waals surface area contributed by atoms with Crippen LogP contribution in [0.2, 0.25) is 0 Å². The van der Waals surface area contributed by atoms with Gasteiger partial charge in [0.05, 0.1) is 18.5 Å². The van der Waals surface area contributed by atoms with E-state index in [4.69, 9.17) is 19.7 Å². The van der Waals surface area contributed by atoms with Crippen molar-refractivity contribution in [1.82, 2.24) is 19.9 Å². The fourth-order valence-electron chi connectivity index (χ4n) is 3.50. The quantitative estimate of drug-likeness (QED) is 0.496. The van der Waals surface area contributed by atoms with Gasteiger partial charge in [0.2, 0.25) is 0 Å². The van der Waals surface area contributed by atoms with Gasteiger partial charge in [-0.15, -0.1) is 0 Å². The molecule has 0 fully saturated rings. The molecule has 7 heteroatoms. The summed E-state index contributed by atoms with van der Waals surface area (Å²) in [7, 11) is 5.84. The molecule has 0 unspecified atom stereocenters. The molecule has 2 aromatic heterocycles. The zero-order valence-corrected chi connectivity index (χ0v) is 20.6. The lowest BCUT2D eigenvalue weighted by Gasteiger charge is -2.24. The SMILES string of the molecule is CCCN(CC)c1nc(C)c(-c2ccc(C(C)C)nc2NCCCN(C)C)nc1OC. The van der Waals surface area contributed by atoms with Crippen LogP contribution in [0, 0.1) is 6.92 Å². The fourth-order valence-corrected chi connectivity index (χ4v) is 3.50. The minimum absolute atomic E-state index is 0.354. The molecule has 0 amide bonds. The number of pyridine rings is 1. The van der Waals surface area contributed by atoms with Gasteiger partial charge in [-0.2, -0.15) is 0 Å². The maximum Gasteiger partial charge on any atom is 0.257 e. The first-order chi connectivity index (χ1) is 14.8. The van der Waals surface area contributed by atoms with E-state index < -0.39 is 0 Å². The molecule has 172 valence electrons. The molecule has 0 spiro atoms. The van der Waals surface area contributed by atoms with E-state index >= 15 is 0 Å². The molecule has 0 radical (unpaired) electrons. The molecular weight excluding hydrogens is 388 g/mol. The van der Waals surface area contributed by atoms with Gasteiger partial charge in [0.1, 0.15) is 5.82 Å². The Balaban J connectivity index is 2.47. The van der Waals surface area contributed by atoms with Gasteiger partial charge < -0.3 is 19.9 Å². The molecule has 0 saturated heterocycles. The van der Waals surface area contributed by atoms with Crippen molar-refractivity contribution in [2.75, 3.05) is 57.6 Å². The molecule has 0 aliphatic rings. The van der Waals surface area contributed by atoms with Crippen LogP contribution in [-0.2, 0) is 0 Å². The van der Waals surface area contributed by atoms with E-state index in [2.05, 4.69) is 69.0 Å². The molecular formula is C24H40N6O. The van der Waals surface area contributed by atoms with Crippen molar-refractivity contribution in [3.05, 3.63) is 23.5 Å². The highest BCUT2D eigenvalue weighted by molar-refractivity contribution is 5.75. The third kappa shape index (κ3) is 6.53. The Labute approximate surface area is 188 Å². The van der Waals surface area contributed by atoms with E-state index in [9.17, 15) is 0 Å². The number of nitrogens with zero attached hydrogens (tertiary/aromatic N) is 5. The Bertz CT molecular complexity index is 837. The minimum atomic E-state index is 0.354. The predicted molar refractivity (Wildman–Crippen MR) is 130 cm³/mol. The molecule has 2 aromatic rings. The molecule has 0 aliphatic heterocycles. The molecule has 0 bridgehead atoms. The van der Waals surface area contributed by atoms with Crippen LogP contribution >= 0.6 is 0 Å². The highest BCUT2D eigenvalue weighted by Crippen LogP contribution is 2.34. The van der Waals surface area contributed by atoms with E-state index in [0.717, 1.165) is 73.3 Å². The second kappa shape index (κ2) is 11.8. The lowest BCUT2D eigenvalue weighted by atomic mass is 10.1. The Morgan fingerprint density at radius 2 is 1.81 bits per heavy atom. The first kappa shape index (κ1) is 24.9. The Hall–Kier alpha value is -2.41. The molecule has 2 heterocycles. The summed E-state index contributed by atoms with van der Waals surface area (Å²) >= 11 is 0. The molecule has 1 N–H and O–H groups in total. The Kier molecular flexibility index (Phi) is 9.49. The van der Waals surface area contributed by atoms with Gasteiger partial charge >= 0.3 is 0 Å². The molecule has 0 atom stereocenters. The van der Waals surface area contributed by atoms with E-state index in [1.807, 2.05) is 6.92 Å². The van der Waals surface area contributed by atoms with Gasteiger partial charge in [-0.25, -0.2) is 15.0 Å². The van der Waals surface area contributed by atoms with Gasteiger partial charge in [-0.1, -0.05) is 20.8 Å². The number of rotatable bonds is 12. The van der Waals surface area contributed by atoms with Crippen molar-refractivity contribution in [1.29, 1.82) is 0 Å². The third-order valence-corrected chi connectivity index (χ3v) is 5.23. The third-order valence-electron chi connectivity index (χ3n) is 5.23. The van der Waals surface area contributed by atoms with Gasteiger partial charge in [0.25, 0.3) is 5.88 Å². The molecule has 0 aromatic carbocycles. The van der Waals surface area contributed by atoms with Crippen LogP contribution in [0.4, 0.5) is 11.6 Å². The van der Waals surface area contributed by atoms with E-state index in [0.29, 0.717) is 11.8 Å². The van der Waals surface area contributed by atoms with Gasteiger partial charge in [0.15, 0.2) is 5.82 Å². The van der Waals surface area contributed by atoms with Crippen molar-refractivity contribution in [3.8, 4) is 17.1 Å². The van der Waals surface area contributed by atoms with Crippen LogP contribution in [0.15, 0.2) is 12.1 Å². The maximum atomic E-state index is 5.66. The number of nitrogens with one attached hydrogen (secondary N) is 1. The fraction of sp³-hybridized carbons (Fsp3) is 0.625. The van der Waals surface area contributed by atoms with Crippen LogP contribution in [0.1, 0.15) is 57.8 Å². The lowest BCUT2D eigenvalue weighted by Crippen LogP contribution is -2.26. The largest absolute Gasteiger partial charge is 0.478 e. The topological polar surface area (TPSA) is 66.4 Å². The van der Waals surface area contributed by atoms with Gasteiger partial charge in [0, 0.05) is 30.9 Å². The number of aromatic nitrogens is 3. The van der Waals surface area contributed by atoms with E-state index in [-0.39, 0.29) is 0 Å². The molecule has 2 rings (SSSR count). The average Bonchev–Trinajstić information content (AvgIpc) is 2.74.